The van der Waals surface area contributed by atoms with E-state index in [4.69, 9.17) is 11.6 Å². The summed E-state index contributed by atoms with van der Waals surface area (Å²) in [4.78, 5) is 10.2. The van der Waals surface area contributed by atoms with Gasteiger partial charge < -0.3 is 5.32 Å². The molecule has 0 radical (unpaired) electrons. The molecule has 0 bridgehead atoms. The van der Waals surface area contributed by atoms with E-state index in [1.165, 1.54) is 7.05 Å². The largest absolute Gasteiger partial charge is 0.354 e. The first-order valence-electron chi connectivity index (χ1n) is 1.75. The van der Waals surface area contributed by atoms with Gasteiger partial charge in [-0.15, -0.1) is 0 Å². The van der Waals surface area contributed by atoms with Crippen LogP contribution >= 0.6 is 11.6 Å². The molecule has 0 aliphatic heterocycles. The smallest absolute Gasteiger partial charge is 0.261 e. The Hall–Kier alpha value is -0.500. The average molecular weight is 120 g/mol. The predicted molar refractivity (Wildman–Crippen MR) is 29.1 cm³/mol. The molecule has 1 amide bonds. The fourth-order valence-electron chi connectivity index (χ4n) is 0.136. The van der Waals surface area contributed by atoms with E-state index in [1.807, 2.05) is 0 Å². The third-order valence-electron chi connectivity index (χ3n) is 0.473. The molecule has 0 spiro atoms. The molecule has 7 heavy (non-hydrogen) atoms. The first-order valence-corrected chi connectivity index (χ1v) is 2.12. The zero-order valence-corrected chi connectivity index (χ0v) is 4.75. The Bertz CT molecular complexity index is 99.9. The normalized spacial score (nSPS) is 7.71. The molecule has 0 saturated carbocycles. The lowest BCUT2D eigenvalue weighted by atomic mass is 10.6. The lowest BCUT2D eigenvalue weighted by Crippen LogP contribution is -2.16. The highest BCUT2D eigenvalue weighted by Gasteiger charge is 1.95. The van der Waals surface area contributed by atoms with Gasteiger partial charge in [-0.05, 0) is 0 Å². The van der Waals surface area contributed by atoms with Gasteiger partial charge in [0, 0.05) is 7.05 Å². The van der Waals surface area contributed by atoms with Crippen molar-refractivity contribution < 1.29 is 4.79 Å². The molecule has 0 atom stereocenters. The molecular weight excluding hydrogens is 114 g/mol. The molecule has 2 nitrogen and oxygen atoms in total. The van der Waals surface area contributed by atoms with Crippen LogP contribution < -0.4 is 5.32 Å². The summed E-state index contributed by atoms with van der Waals surface area (Å²) in [7, 11) is 1.50. The molecule has 0 aliphatic carbocycles. The van der Waals surface area contributed by atoms with Crippen LogP contribution in [0.25, 0.3) is 0 Å². The summed E-state index contributed by atoms with van der Waals surface area (Å²) in [6.07, 6.45) is 0. The second-order valence-corrected chi connectivity index (χ2v) is 1.44. The van der Waals surface area contributed by atoms with Gasteiger partial charge in [0.15, 0.2) is 0 Å². The third-order valence-corrected chi connectivity index (χ3v) is 0.645. The van der Waals surface area contributed by atoms with E-state index in [1.54, 1.807) is 0 Å². The topological polar surface area (TPSA) is 29.1 Å². The summed E-state index contributed by atoms with van der Waals surface area (Å²) in [6.45, 7) is 3.18. The third kappa shape index (κ3) is 2.23. The first-order chi connectivity index (χ1) is 3.18. The Morgan fingerprint density at radius 2 is 2.29 bits per heavy atom. The number of amides is 1. The van der Waals surface area contributed by atoms with E-state index in [2.05, 4.69) is 11.9 Å². The zero-order valence-electron chi connectivity index (χ0n) is 3.99. The van der Waals surface area contributed by atoms with Gasteiger partial charge >= 0.3 is 0 Å². The van der Waals surface area contributed by atoms with E-state index in [-0.39, 0.29) is 10.9 Å². The summed E-state index contributed by atoms with van der Waals surface area (Å²) < 4.78 is 0. The molecule has 40 valence electrons. The summed E-state index contributed by atoms with van der Waals surface area (Å²) >= 11 is 5.12. The molecule has 3 heteroatoms. The molecule has 0 aromatic carbocycles. The van der Waals surface area contributed by atoms with Crippen LogP contribution in [0.2, 0.25) is 0 Å². The van der Waals surface area contributed by atoms with Crippen LogP contribution in [0.5, 0.6) is 0 Å². The molecule has 0 aromatic rings. The van der Waals surface area contributed by atoms with E-state index < -0.39 is 0 Å². The Balaban J connectivity index is 3.58. The second-order valence-electron chi connectivity index (χ2n) is 0.984. The van der Waals surface area contributed by atoms with Crippen LogP contribution in [-0.4, -0.2) is 13.0 Å². The molecule has 0 unspecified atom stereocenters. The van der Waals surface area contributed by atoms with Crippen molar-refractivity contribution in [2.75, 3.05) is 7.05 Å². The summed E-state index contributed by atoms with van der Waals surface area (Å²) in [6, 6.07) is 0. The average Bonchev–Trinajstić information content (AvgIpc) is 1.65. The van der Waals surface area contributed by atoms with Gasteiger partial charge in [-0.25, -0.2) is 0 Å². The highest BCUT2D eigenvalue weighted by molar-refractivity contribution is 6.41. The van der Waals surface area contributed by atoms with Gasteiger partial charge in [-0.2, -0.15) is 0 Å². The van der Waals surface area contributed by atoms with Gasteiger partial charge in [-0.1, -0.05) is 18.2 Å². The van der Waals surface area contributed by atoms with Crippen LogP contribution in [0.4, 0.5) is 0 Å². The highest BCUT2D eigenvalue weighted by atomic mass is 35.5. The predicted octanol–water partition coefficient (Wildman–Crippen LogP) is 0.485. The maximum absolute atomic E-state index is 10.2. The van der Waals surface area contributed by atoms with E-state index in [9.17, 15) is 4.79 Å². The molecule has 0 rings (SSSR count). The maximum atomic E-state index is 10.2. The number of likely N-dealkylation sites (N-methyl/N-ethyl adjacent to an activating group) is 1. The standard InChI is InChI=1S/C4H6ClNO/c1-3(5)4(7)6-2/h1H2,2H3,(H,6,7). The molecule has 0 aromatic heterocycles. The molecule has 0 heterocycles. The lowest BCUT2D eigenvalue weighted by Gasteiger charge is -1.89. The van der Waals surface area contributed by atoms with Crippen molar-refractivity contribution in [1.29, 1.82) is 0 Å². The van der Waals surface area contributed by atoms with Crippen molar-refractivity contribution in [2.45, 2.75) is 0 Å². The van der Waals surface area contributed by atoms with Crippen molar-refractivity contribution >= 4 is 17.5 Å². The maximum Gasteiger partial charge on any atom is 0.261 e. The van der Waals surface area contributed by atoms with Gasteiger partial charge in [0.2, 0.25) is 0 Å². The minimum atomic E-state index is -0.332. The van der Waals surface area contributed by atoms with E-state index in [0.29, 0.717) is 0 Å². The summed E-state index contributed by atoms with van der Waals surface area (Å²) in [5, 5.41) is 2.31. The number of hydrogen-bond donors (Lipinski definition) is 1. The Kier molecular flexibility index (Phi) is 2.45. The van der Waals surface area contributed by atoms with Crippen molar-refractivity contribution in [3.8, 4) is 0 Å². The Morgan fingerprint density at radius 3 is 2.29 bits per heavy atom. The zero-order chi connectivity index (χ0) is 5.86. The Morgan fingerprint density at radius 1 is 1.86 bits per heavy atom. The van der Waals surface area contributed by atoms with Crippen molar-refractivity contribution in [2.24, 2.45) is 0 Å². The number of hydrogen-bond acceptors (Lipinski definition) is 1. The quantitative estimate of drug-likeness (QED) is 0.500. The first kappa shape index (κ1) is 6.50. The van der Waals surface area contributed by atoms with Gasteiger partial charge in [0.25, 0.3) is 5.91 Å². The Labute approximate surface area is 47.2 Å². The minimum absolute atomic E-state index is 0.0162. The number of carbonyl (C=O) groups excluding carboxylic acids is 1. The molecule has 1 N–H and O–H groups in total. The van der Waals surface area contributed by atoms with Crippen LogP contribution in [0, 0.1) is 0 Å². The number of carbonyl (C=O) groups is 1. The summed E-state index contributed by atoms with van der Waals surface area (Å²) in [5.41, 5.74) is 0. The van der Waals surface area contributed by atoms with Crippen LogP contribution in [-0.2, 0) is 4.79 Å². The SMILES string of the molecule is C=C(Cl)C(=O)NC. The fourth-order valence-corrected chi connectivity index (χ4v) is 0.230. The van der Waals surface area contributed by atoms with Gasteiger partial charge in [0.05, 0.1) is 5.03 Å². The molecule has 0 fully saturated rings. The molecule has 0 aliphatic rings. The second kappa shape index (κ2) is 2.64. The lowest BCUT2D eigenvalue weighted by molar-refractivity contribution is -0.116. The highest BCUT2D eigenvalue weighted by Crippen LogP contribution is 1.92. The number of nitrogens with one attached hydrogen (secondary N) is 1. The monoisotopic (exact) mass is 119 g/mol. The van der Waals surface area contributed by atoms with E-state index in [0.717, 1.165) is 0 Å². The number of halogens is 1. The van der Waals surface area contributed by atoms with Crippen LogP contribution in [0.3, 0.4) is 0 Å². The summed E-state index contributed by atoms with van der Waals surface area (Å²) in [5.74, 6) is -0.332. The van der Waals surface area contributed by atoms with Crippen LogP contribution in [0.1, 0.15) is 0 Å². The fraction of sp³-hybridized carbons (Fsp3) is 0.250. The van der Waals surface area contributed by atoms with Crippen LogP contribution in [0.15, 0.2) is 11.6 Å². The minimum Gasteiger partial charge on any atom is -0.354 e. The molecular formula is C4H6ClNO. The van der Waals surface area contributed by atoms with Crippen molar-refractivity contribution in [3.63, 3.8) is 0 Å². The van der Waals surface area contributed by atoms with Crippen molar-refractivity contribution in [1.82, 2.24) is 5.32 Å². The van der Waals surface area contributed by atoms with E-state index >= 15 is 0 Å². The molecule has 0 saturated heterocycles. The van der Waals surface area contributed by atoms with Gasteiger partial charge in [0.1, 0.15) is 0 Å². The van der Waals surface area contributed by atoms with Gasteiger partial charge in [-0.3, -0.25) is 4.79 Å². The van der Waals surface area contributed by atoms with Crippen molar-refractivity contribution in [3.05, 3.63) is 11.6 Å². The number of rotatable bonds is 1.